The summed E-state index contributed by atoms with van der Waals surface area (Å²) in [6.45, 7) is 2.61. The van der Waals surface area contributed by atoms with E-state index in [9.17, 15) is 18.0 Å². The molecule has 1 aliphatic rings. The van der Waals surface area contributed by atoms with Gasteiger partial charge in [-0.2, -0.15) is 13.2 Å². The molecule has 0 bridgehead atoms. The number of carbonyl (C=O) groups is 1. The van der Waals surface area contributed by atoms with Crippen molar-refractivity contribution in [1.82, 2.24) is 15.2 Å². The highest BCUT2D eigenvalue weighted by Crippen LogP contribution is 2.28. The Balaban J connectivity index is 1.92. The molecule has 8 heteroatoms. The van der Waals surface area contributed by atoms with Crippen molar-refractivity contribution in [2.24, 2.45) is 0 Å². The first-order valence-electron chi connectivity index (χ1n) is 6.23. The highest BCUT2D eigenvalue weighted by molar-refractivity contribution is 5.80. The summed E-state index contributed by atoms with van der Waals surface area (Å²) in [5.74, 6) is -0.103. The number of hydrogen-bond donors (Lipinski definition) is 2. The molecule has 1 saturated heterocycles. The van der Waals surface area contributed by atoms with Crippen LogP contribution in [0, 0.1) is 0 Å². The Morgan fingerprint density at radius 3 is 2.70 bits per heavy atom. The summed E-state index contributed by atoms with van der Waals surface area (Å²) < 4.78 is 37.5. The molecule has 1 aromatic heterocycles. The Morgan fingerprint density at radius 1 is 1.35 bits per heavy atom. The molecule has 0 spiro atoms. The summed E-state index contributed by atoms with van der Waals surface area (Å²) in [6.07, 6.45) is -4.49. The predicted molar refractivity (Wildman–Crippen MR) is 67.2 cm³/mol. The highest BCUT2D eigenvalue weighted by Gasteiger charge is 2.32. The number of nitrogens with one attached hydrogen (secondary N) is 2. The van der Waals surface area contributed by atoms with E-state index < -0.39 is 11.9 Å². The van der Waals surface area contributed by atoms with Crippen molar-refractivity contribution >= 4 is 11.7 Å². The van der Waals surface area contributed by atoms with Crippen LogP contribution in [-0.4, -0.2) is 48.5 Å². The van der Waals surface area contributed by atoms with Gasteiger partial charge >= 0.3 is 6.18 Å². The zero-order chi connectivity index (χ0) is 14.6. The van der Waals surface area contributed by atoms with E-state index in [1.807, 2.05) is 0 Å². The van der Waals surface area contributed by atoms with Crippen LogP contribution in [0.4, 0.5) is 19.0 Å². The lowest BCUT2D eigenvalue weighted by Gasteiger charge is -2.27. The molecule has 0 saturated carbocycles. The predicted octanol–water partition coefficient (Wildman–Crippen LogP) is 0.944. The van der Waals surface area contributed by atoms with E-state index >= 15 is 0 Å². The summed E-state index contributed by atoms with van der Waals surface area (Å²) in [7, 11) is 0. The summed E-state index contributed by atoms with van der Waals surface area (Å²) in [5.41, 5.74) is -0.975. The minimum Gasteiger partial charge on any atom is -0.361 e. The molecule has 0 unspecified atom stereocenters. The molecule has 1 aliphatic heterocycles. The van der Waals surface area contributed by atoms with E-state index in [4.69, 9.17) is 0 Å². The highest BCUT2D eigenvalue weighted by atomic mass is 19.4. The summed E-state index contributed by atoms with van der Waals surface area (Å²) in [6, 6.07) is 3.55. The van der Waals surface area contributed by atoms with Crippen molar-refractivity contribution in [1.29, 1.82) is 0 Å². The first-order chi connectivity index (χ1) is 9.47. The van der Waals surface area contributed by atoms with Crippen molar-refractivity contribution in [3.8, 4) is 0 Å². The van der Waals surface area contributed by atoms with E-state index in [1.165, 1.54) is 12.1 Å². The van der Waals surface area contributed by atoms with E-state index in [0.29, 0.717) is 13.1 Å². The van der Waals surface area contributed by atoms with Crippen LogP contribution in [0.3, 0.4) is 0 Å². The normalized spacial score (nSPS) is 16.1. The third-order valence-corrected chi connectivity index (χ3v) is 2.93. The van der Waals surface area contributed by atoms with Crippen LogP contribution in [0.2, 0.25) is 0 Å². The lowest BCUT2D eigenvalue weighted by Crippen LogP contribution is -2.48. The number of hydrogen-bond acceptors (Lipinski definition) is 4. The Hall–Kier alpha value is -1.83. The second kappa shape index (κ2) is 6.08. The molecule has 0 radical (unpaired) electrons. The smallest absolute Gasteiger partial charge is 0.361 e. The van der Waals surface area contributed by atoms with Gasteiger partial charge in [0.05, 0.1) is 6.54 Å². The van der Waals surface area contributed by atoms with Crippen LogP contribution in [0.15, 0.2) is 18.2 Å². The summed E-state index contributed by atoms with van der Waals surface area (Å²) >= 11 is 0. The maximum atomic E-state index is 12.5. The fraction of sp³-hybridized carbons (Fsp3) is 0.500. The Morgan fingerprint density at radius 2 is 2.05 bits per heavy atom. The van der Waals surface area contributed by atoms with Crippen LogP contribution in [0.25, 0.3) is 0 Å². The van der Waals surface area contributed by atoms with Gasteiger partial charge in [0, 0.05) is 26.2 Å². The average Bonchev–Trinajstić information content (AvgIpc) is 2.45. The third kappa shape index (κ3) is 3.83. The molecule has 2 N–H and O–H groups in total. The van der Waals surface area contributed by atoms with Crippen molar-refractivity contribution in [2.75, 3.05) is 38.0 Å². The molecule has 1 amide bonds. The molecule has 1 aromatic rings. The molecule has 110 valence electrons. The van der Waals surface area contributed by atoms with E-state index in [2.05, 4.69) is 15.6 Å². The maximum absolute atomic E-state index is 12.5. The molecule has 0 aliphatic carbocycles. The molecule has 20 heavy (non-hydrogen) atoms. The first kappa shape index (κ1) is 14.6. The second-order valence-corrected chi connectivity index (χ2v) is 4.39. The number of carbonyl (C=O) groups excluding carboxylic acids is 1. The van der Waals surface area contributed by atoms with E-state index in [-0.39, 0.29) is 18.3 Å². The fourth-order valence-corrected chi connectivity index (χ4v) is 1.88. The summed E-state index contributed by atoms with van der Waals surface area (Å²) in [5, 5.41) is 5.75. The number of nitrogens with zero attached hydrogens (tertiary/aromatic N) is 2. The van der Waals surface area contributed by atoms with Gasteiger partial charge in [-0.1, -0.05) is 6.07 Å². The second-order valence-electron chi connectivity index (χ2n) is 4.39. The van der Waals surface area contributed by atoms with Crippen LogP contribution in [0.5, 0.6) is 0 Å². The topological polar surface area (TPSA) is 57.3 Å². The van der Waals surface area contributed by atoms with Gasteiger partial charge in [-0.25, -0.2) is 4.98 Å². The van der Waals surface area contributed by atoms with Gasteiger partial charge in [0.25, 0.3) is 0 Å². The number of alkyl halides is 3. The SMILES string of the molecule is O=C(CNc1cccc(C(F)(F)F)n1)N1CCNCC1. The van der Waals surface area contributed by atoms with Gasteiger partial charge in [0.15, 0.2) is 0 Å². The monoisotopic (exact) mass is 288 g/mol. The molecule has 1 fully saturated rings. The van der Waals surface area contributed by atoms with Gasteiger partial charge in [-0.3, -0.25) is 4.79 Å². The van der Waals surface area contributed by atoms with Crippen LogP contribution >= 0.6 is 0 Å². The van der Waals surface area contributed by atoms with Crippen molar-refractivity contribution in [3.63, 3.8) is 0 Å². The Labute approximate surface area is 114 Å². The van der Waals surface area contributed by atoms with Crippen LogP contribution < -0.4 is 10.6 Å². The zero-order valence-corrected chi connectivity index (χ0v) is 10.7. The Kier molecular flexibility index (Phi) is 4.43. The van der Waals surface area contributed by atoms with Gasteiger partial charge in [-0.15, -0.1) is 0 Å². The van der Waals surface area contributed by atoms with E-state index in [1.54, 1.807) is 4.90 Å². The molecular formula is C12H15F3N4O. The molecule has 0 atom stereocenters. The lowest BCUT2D eigenvalue weighted by atomic mass is 10.3. The summed E-state index contributed by atoms with van der Waals surface area (Å²) in [4.78, 5) is 16.9. The minimum atomic E-state index is -4.49. The van der Waals surface area contributed by atoms with Crippen molar-refractivity contribution in [3.05, 3.63) is 23.9 Å². The number of halogens is 3. The molecule has 5 nitrogen and oxygen atoms in total. The van der Waals surface area contributed by atoms with Crippen molar-refractivity contribution < 1.29 is 18.0 Å². The minimum absolute atomic E-state index is 0.0447. The number of amides is 1. The lowest BCUT2D eigenvalue weighted by molar-refractivity contribution is -0.141. The standard InChI is InChI=1S/C12H15F3N4O/c13-12(14,15)9-2-1-3-10(18-9)17-8-11(20)19-6-4-16-5-7-19/h1-3,16H,4-8H2,(H,17,18). The number of pyridine rings is 1. The molecule has 0 aromatic carbocycles. The van der Waals surface area contributed by atoms with Gasteiger partial charge in [0.1, 0.15) is 11.5 Å². The quantitative estimate of drug-likeness (QED) is 0.869. The molecular weight excluding hydrogens is 273 g/mol. The number of piperazine rings is 1. The number of rotatable bonds is 3. The van der Waals surface area contributed by atoms with E-state index in [0.717, 1.165) is 19.2 Å². The van der Waals surface area contributed by atoms with Gasteiger partial charge in [0.2, 0.25) is 5.91 Å². The molecule has 2 rings (SSSR count). The number of anilines is 1. The van der Waals surface area contributed by atoms with Crippen LogP contribution in [-0.2, 0) is 11.0 Å². The van der Waals surface area contributed by atoms with Gasteiger partial charge in [-0.05, 0) is 12.1 Å². The third-order valence-electron chi connectivity index (χ3n) is 2.93. The molecule has 2 heterocycles. The van der Waals surface area contributed by atoms with Crippen LogP contribution in [0.1, 0.15) is 5.69 Å². The van der Waals surface area contributed by atoms with Crippen molar-refractivity contribution in [2.45, 2.75) is 6.18 Å². The maximum Gasteiger partial charge on any atom is 0.433 e. The first-order valence-corrected chi connectivity index (χ1v) is 6.23. The Bertz CT molecular complexity index is 472. The number of aromatic nitrogens is 1. The largest absolute Gasteiger partial charge is 0.433 e. The average molecular weight is 288 g/mol. The van der Waals surface area contributed by atoms with Gasteiger partial charge < -0.3 is 15.5 Å². The zero-order valence-electron chi connectivity index (χ0n) is 10.7. The fourth-order valence-electron chi connectivity index (χ4n) is 1.88.